The number of carbonyl (C=O) groups excluding carboxylic acids is 1. The summed E-state index contributed by atoms with van der Waals surface area (Å²) in [6.07, 6.45) is 0.667. The summed E-state index contributed by atoms with van der Waals surface area (Å²) < 4.78 is 21.1. The van der Waals surface area contributed by atoms with E-state index in [-0.39, 0.29) is 17.9 Å². The van der Waals surface area contributed by atoms with Gasteiger partial charge >= 0.3 is 7.60 Å². The van der Waals surface area contributed by atoms with Gasteiger partial charge in [-0.25, -0.2) is 0 Å². The van der Waals surface area contributed by atoms with Gasteiger partial charge in [0.2, 0.25) is 0 Å². The van der Waals surface area contributed by atoms with Gasteiger partial charge in [0.1, 0.15) is 11.9 Å². The fourth-order valence-corrected chi connectivity index (χ4v) is 2.49. The third-order valence-electron chi connectivity index (χ3n) is 2.28. The second-order valence-electron chi connectivity index (χ2n) is 4.13. The molecule has 0 N–H and O–H groups in total. The number of hydrogen-bond donors (Lipinski definition) is 0. The number of ketones is 1. The van der Waals surface area contributed by atoms with Crippen LogP contribution in [0.5, 0.6) is 0 Å². The SMILES string of the molecule is COP(=O)(CC(=O)[C@H](C)CC(C)C)OC. The van der Waals surface area contributed by atoms with Gasteiger partial charge in [0, 0.05) is 20.1 Å². The smallest absolute Gasteiger partial charge is 0.312 e. The average Bonchev–Trinajstić information content (AvgIpc) is 2.16. The quantitative estimate of drug-likeness (QED) is 0.638. The summed E-state index contributed by atoms with van der Waals surface area (Å²) in [6, 6.07) is 0. The third kappa shape index (κ3) is 5.45. The number of Topliss-reactive ketones (excluding diaryl/α,β-unsaturated/α-hetero) is 1. The molecule has 0 radical (unpaired) electrons. The molecule has 4 nitrogen and oxygen atoms in total. The van der Waals surface area contributed by atoms with Crippen molar-refractivity contribution < 1.29 is 18.4 Å². The molecule has 0 aromatic rings. The van der Waals surface area contributed by atoms with Gasteiger partial charge in [0.05, 0.1) is 0 Å². The van der Waals surface area contributed by atoms with Crippen LogP contribution in [0.2, 0.25) is 0 Å². The van der Waals surface area contributed by atoms with Crippen LogP contribution in [0, 0.1) is 11.8 Å². The van der Waals surface area contributed by atoms with Crippen molar-refractivity contribution in [3.8, 4) is 0 Å². The van der Waals surface area contributed by atoms with Crippen LogP contribution in [0.4, 0.5) is 0 Å². The van der Waals surface area contributed by atoms with Crippen molar-refractivity contribution in [1.29, 1.82) is 0 Å². The first kappa shape index (κ1) is 14.8. The number of carbonyl (C=O) groups is 1. The lowest BCUT2D eigenvalue weighted by molar-refractivity contribution is -0.120. The topological polar surface area (TPSA) is 52.6 Å². The van der Waals surface area contributed by atoms with Crippen molar-refractivity contribution >= 4 is 13.4 Å². The maximum atomic E-state index is 11.7. The van der Waals surface area contributed by atoms with Crippen LogP contribution >= 0.6 is 7.60 Å². The first-order valence-corrected chi connectivity index (χ1v) is 6.80. The van der Waals surface area contributed by atoms with E-state index in [0.717, 1.165) is 6.42 Å². The maximum absolute atomic E-state index is 11.7. The summed E-state index contributed by atoms with van der Waals surface area (Å²) in [5, 5.41) is 0. The van der Waals surface area contributed by atoms with E-state index >= 15 is 0 Å². The molecule has 90 valence electrons. The molecular formula is C10H21O4P. The predicted octanol–water partition coefficient (Wildman–Crippen LogP) is 2.72. The highest BCUT2D eigenvalue weighted by Crippen LogP contribution is 2.46. The first-order chi connectivity index (χ1) is 6.84. The van der Waals surface area contributed by atoms with Crippen LogP contribution in [-0.4, -0.2) is 26.2 Å². The molecule has 0 saturated heterocycles. The van der Waals surface area contributed by atoms with E-state index in [0.29, 0.717) is 5.92 Å². The van der Waals surface area contributed by atoms with Crippen LogP contribution in [0.25, 0.3) is 0 Å². The average molecular weight is 236 g/mol. The zero-order chi connectivity index (χ0) is 12.1. The summed E-state index contributed by atoms with van der Waals surface area (Å²) >= 11 is 0. The van der Waals surface area contributed by atoms with E-state index in [4.69, 9.17) is 9.05 Å². The predicted molar refractivity (Wildman–Crippen MR) is 60.1 cm³/mol. The molecule has 0 amide bonds. The number of hydrogen-bond acceptors (Lipinski definition) is 4. The Kier molecular flexibility index (Phi) is 6.34. The van der Waals surface area contributed by atoms with Crippen molar-refractivity contribution in [3.05, 3.63) is 0 Å². The van der Waals surface area contributed by atoms with E-state index < -0.39 is 7.60 Å². The minimum atomic E-state index is -3.18. The second-order valence-corrected chi connectivity index (χ2v) is 6.40. The summed E-state index contributed by atoms with van der Waals surface area (Å²) in [5.74, 6) is 0.299. The van der Waals surface area contributed by atoms with Crippen LogP contribution in [0.15, 0.2) is 0 Å². The molecule has 0 aliphatic carbocycles. The Hall–Kier alpha value is -0.180. The van der Waals surface area contributed by atoms with Gasteiger partial charge in [-0.3, -0.25) is 9.36 Å². The molecule has 0 spiro atoms. The molecule has 0 aliphatic heterocycles. The Bertz CT molecular complexity index is 242. The molecule has 0 heterocycles. The lowest BCUT2D eigenvalue weighted by Gasteiger charge is -2.16. The minimum absolute atomic E-state index is 0.0595. The highest BCUT2D eigenvalue weighted by molar-refractivity contribution is 7.54. The minimum Gasteiger partial charge on any atom is -0.312 e. The molecule has 1 atom stereocenters. The third-order valence-corrected chi connectivity index (χ3v) is 4.09. The summed E-state index contributed by atoms with van der Waals surface area (Å²) in [7, 11) is -0.592. The fourth-order valence-electron chi connectivity index (χ4n) is 1.39. The maximum Gasteiger partial charge on any atom is 0.337 e. The van der Waals surface area contributed by atoms with E-state index in [1.54, 1.807) is 0 Å². The van der Waals surface area contributed by atoms with Crippen molar-refractivity contribution in [3.63, 3.8) is 0 Å². The van der Waals surface area contributed by atoms with Crippen molar-refractivity contribution in [2.24, 2.45) is 11.8 Å². The van der Waals surface area contributed by atoms with Gasteiger partial charge in [0.15, 0.2) is 0 Å². The Morgan fingerprint density at radius 1 is 1.20 bits per heavy atom. The summed E-state index contributed by atoms with van der Waals surface area (Å²) in [5.41, 5.74) is 0. The van der Waals surface area contributed by atoms with Crippen LogP contribution in [-0.2, 0) is 18.4 Å². The molecular weight excluding hydrogens is 215 g/mol. The molecule has 15 heavy (non-hydrogen) atoms. The molecule has 0 bridgehead atoms. The van der Waals surface area contributed by atoms with Crippen LogP contribution < -0.4 is 0 Å². The molecule has 0 aromatic carbocycles. The van der Waals surface area contributed by atoms with Crippen molar-refractivity contribution in [1.82, 2.24) is 0 Å². The Morgan fingerprint density at radius 2 is 1.67 bits per heavy atom. The van der Waals surface area contributed by atoms with Crippen LogP contribution in [0.1, 0.15) is 27.2 Å². The van der Waals surface area contributed by atoms with E-state index in [1.807, 2.05) is 6.92 Å². The molecule has 0 rings (SSSR count). The van der Waals surface area contributed by atoms with Gasteiger partial charge in [-0.2, -0.15) is 0 Å². The molecule has 0 fully saturated rings. The molecule has 5 heteroatoms. The molecule has 0 aromatic heterocycles. The largest absolute Gasteiger partial charge is 0.337 e. The highest BCUT2D eigenvalue weighted by atomic mass is 31.2. The lowest BCUT2D eigenvalue weighted by Crippen LogP contribution is -2.18. The van der Waals surface area contributed by atoms with Crippen molar-refractivity contribution in [2.75, 3.05) is 20.4 Å². The van der Waals surface area contributed by atoms with Gasteiger partial charge in [0.25, 0.3) is 0 Å². The van der Waals surface area contributed by atoms with E-state index in [1.165, 1.54) is 14.2 Å². The van der Waals surface area contributed by atoms with E-state index in [2.05, 4.69) is 13.8 Å². The Labute approximate surface area is 91.9 Å². The molecule has 0 unspecified atom stereocenters. The van der Waals surface area contributed by atoms with Crippen LogP contribution in [0.3, 0.4) is 0 Å². The van der Waals surface area contributed by atoms with Gasteiger partial charge in [-0.05, 0) is 12.3 Å². The zero-order valence-corrected chi connectivity index (χ0v) is 11.0. The number of rotatable bonds is 7. The van der Waals surface area contributed by atoms with Gasteiger partial charge in [-0.1, -0.05) is 20.8 Å². The fraction of sp³-hybridized carbons (Fsp3) is 0.900. The van der Waals surface area contributed by atoms with Crippen molar-refractivity contribution in [2.45, 2.75) is 27.2 Å². The normalized spacial score (nSPS) is 14.3. The monoisotopic (exact) mass is 236 g/mol. The van der Waals surface area contributed by atoms with E-state index in [9.17, 15) is 9.36 Å². The van der Waals surface area contributed by atoms with Gasteiger partial charge in [-0.15, -0.1) is 0 Å². The second kappa shape index (κ2) is 6.41. The summed E-state index contributed by atoms with van der Waals surface area (Å²) in [4.78, 5) is 11.7. The summed E-state index contributed by atoms with van der Waals surface area (Å²) in [6.45, 7) is 5.95. The Morgan fingerprint density at radius 3 is 2.00 bits per heavy atom. The molecule has 0 saturated carbocycles. The lowest BCUT2D eigenvalue weighted by atomic mass is 9.96. The first-order valence-electron chi connectivity index (χ1n) is 5.08. The molecule has 0 aliphatic rings. The highest BCUT2D eigenvalue weighted by Gasteiger charge is 2.28. The van der Waals surface area contributed by atoms with Gasteiger partial charge < -0.3 is 9.05 Å². The zero-order valence-electron chi connectivity index (χ0n) is 10.1. The standard InChI is InChI=1S/C10H21O4P/c1-8(2)6-9(3)10(11)7-15(12,13-4)14-5/h8-9H,6-7H2,1-5H3/t9-/m1/s1. The Balaban J connectivity index is 4.29.